The van der Waals surface area contributed by atoms with Crippen molar-refractivity contribution in [2.75, 3.05) is 46.4 Å². The maximum Gasteiger partial charge on any atom is 0.0603 e. The molecule has 0 aromatic rings. The molecule has 0 radical (unpaired) electrons. The Morgan fingerprint density at radius 1 is 1.04 bits per heavy atom. The molecule has 2 aliphatic rings. The first-order valence-corrected chi connectivity index (χ1v) is 9.93. The molecule has 0 spiro atoms. The van der Waals surface area contributed by atoms with Crippen molar-refractivity contribution in [3.05, 3.63) is 0 Å². The van der Waals surface area contributed by atoms with Gasteiger partial charge in [-0.25, -0.2) is 0 Å². The predicted octanol–water partition coefficient (Wildman–Crippen LogP) is 3.88. The predicted molar refractivity (Wildman–Crippen MR) is 98.9 cm³/mol. The summed E-state index contributed by atoms with van der Waals surface area (Å²) in [6.45, 7) is 16.6. The highest BCUT2D eigenvalue weighted by Crippen LogP contribution is 2.43. The Morgan fingerprint density at radius 2 is 1.74 bits per heavy atom. The number of piperazine rings is 1. The van der Waals surface area contributed by atoms with E-state index in [1.54, 1.807) is 0 Å². The van der Waals surface area contributed by atoms with E-state index < -0.39 is 0 Å². The highest BCUT2D eigenvalue weighted by atomic mass is 16.5. The van der Waals surface area contributed by atoms with Crippen LogP contribution in [0.2, 0.25) is 0 Å². The Morgan fingerprint density at radius 3 is 2.35 bits per heavy atom. The maximum atomic E-state index is 6.09. The standard InChI is InChI=1S/C20H40N2O/c1-17(2)6-7-20(9-15-23-19(16-20)18(3)4)8-10-22-13-11-21(5)12-14-22/h17-19H,6-16H2,1-5H3/t19-,20-/m0/s1. The Balaban J connectivity index is 1.93. The first-order chi connectivity index (χ1) is 10.9. The minimum Gasteiger partial charge on any atom is -0.378 e. The van der Waals surface area contributed by atoms with Crippen molar-refractivity contribution in [1.29, 1.82) is 0 Å². The van der Waals surface area contributed by atoms with Gasteiger partial charge >= 0.3 is 0 Å². The van der Waals surface area contributed by atoms with Crippen LogP contribution in [-0.4, -0.2) is 62.3 Å². The van der Waals surface area contributed by atoms with E-state index in [0.717, 1.165) is 12.5 Å². The van der Waals surface area contributed by atoms with Gasteiger partial charge < -0.3 is 14.5 Å². The zero-order valence-electron chi connectivity index (χ0n) is 16.3. The molecule has 2 heterocycles. The van der Waals surface area contributed by atoms with E-state index in [9.17, 15) is 0 Å². The van der Waals surface area contributed by atoms with E-state index in [-0.39, 0.29) is 0 Å². The molecule has 0 saturated carbocycles. The van der Waals surface area contributed by atoms with Gasteiger partial charge in [-0.15, -0.1) is 0 Å². The molecule has 0 unspecified atom stereocenters. The summed E-state index contributed by atoms with van der Waals surface area (Å²) in [7, 11) is 2.24. The van der Waals surface area contributed by atoms with Gasteiger partial charge in [0.25, 0.3) is 0 Å². The van der Waals surface area contributed by atoms with Crippen LogP contribution in [0, 0.1) is 17.3 Å². The highest BCUT2D eigenvalue weighted by Gasteiger charge is 2.38. The van der Waals surface area contributed by atoms with E-state index in [2.05, 4.69) is 44.5 Å². The average molecular weight is 325 g/mol. The van der Waals surface area contributed by atoms with Crippen molar-refractivity contribution in [2.24, 2.45) is 17.3 Å². The molecule has 2 atom stereocenters. The Bertz CT molecular complexity index is 337. The second-order valence-corrected chi connectivity index (χ2v) is 8.93. The summed E-state index contributed by atoms with van der Waals surface area (Å²) in [6, 6.07) is 0. The average Bonchev–Trinajstić information content (AvgIpc) is 2.53. The quantitative estimate of drug-likeness (QED) is 0.707. The van der Waals surface area contributed by atoms with Crippen LogP contribution in [0.15, 0.2) is 0 Å². The molecule has 0 amide bonds. The van der Waals surface area contributed by atoms with Gasteiger partial charge in [-0.2, -0.15) is 0 Å². The van der Waals surface area contributed by atoms with E-state index in [0.29, 0.717) is 17.4 Å². The van der Waals surface area contributed by atoms with Gasteiger partial charge in [-0.3, -0.25) is 0 Å². The lowest BCUT2D eigenvalue weighted by Crippen LogP contribution is -2.46. The molecule has 2 rings (SSSR count). The molecule has 0 aromatic carbocycles. The summed E-state index contributed by atoms with van der Waals surface area (Å²) in [6.07, 6.45) is 7.17. The SMILES string of the molecule is CC(C)CC[C@]1(CCN2CCN(C)CC2)CCO[C@H](C(C)C)C1. The van der Waals surface area contributed by atoms with Gasteiger partial charge in [0.2, 0.25) is 0 Å². The van der Waals surface area contributed by atoms with Crippen molar-refractivity contribution in [1.82, 2.24) is 9.80 Å². The minimum atomic E-state index is 0.475. The molecule has 136 valence electrons. The monoisotopic (exact) mass is 324 g/mol. The lowest BCUT2D eigenvalue weighted by Gasteiger charge is -2.44. The van der Waals surface area contributed by atoms with Crippen molar-refractivity contribution in [3.63, 3.8) is 0 Å². The van der Waals surface area contributed by atoms with Gasteiger partial charge in [0, 0.05) is 32.8 Å². The second kappa shape index (κ2) is 8.82. The van der Waals surface area contributed by atoms with Crippen molar-refractivity contribution < 1.29 is 4.74 Å². The number of likely N-dealkylation sites (N-methyl/N-ethyl adjacent to an activating group) is 1. The lowest BCUT2D eigenvalue weighted by molar-refractivity contribution is -0.0790. The van der Waals surface area contributed by atoms with Crippen molar-refractivity contribution >= 4 is 0 Å². The molecular formula is C20H40N2O. The largest absolute Gasteiger partial charge is 0.378 e. The fourth-order valence-corrected chi connectivity index (χ4v) is 4.08. The van der Waals surface area contributed by atoms with Gasteiger partial charge in [-0.05, 0) is 56.5 Å². The highest BCUT2D eigenvalue weighted by molar-refractivity contribution is 4.88. The summed E-state index contributed by atoms with van der Waals surface area (Å²) >= 11 is 0. The Hall–Kier alpha value is -0.120. The van der Waals surface area contributed by atoms with E-state index in [1.807, 2.05) is 0 Å². The number of nitrogens with zero attached hydrogens (tertiary/aromatic N) is 2. The van der Waals surface area contributed by atoms with Gasteiger partial charge in [0.15, 0.2) is 0 Å². The zero-order chi connectivity index (χ0) is 16.9. The zero-order valence-corrected chi connectivity index (χ0v) is 16.3. The summed E-state index contributed by atoms with van der Waals surface area (Å²) in [5, 5.41) is 0. The first-order valence-electron chi connectivity index (χ1n) is 9.93. The molecule has 2 fully saturated rings. The van der Waals surface area contributed by atoms with Crippen LogP contribution >= 0.6 is 0 Å². The fraction of sp³-hybridized carbons (Fsp3) is 1.00. The second-order valence-electron chi connectivity index (χ2n) is 8.93. The van der Waals surface area contributed by atoms with Crippen molar-refractivity contribution in [3.8, 4) is 0 Å². The van der Waals surface area contributed by atoms with E-state index in [4.69, 9.17) is 4.74 Å². The summed E-state index contributed by atoms with van der Waals surface area (Å²) in [5.41, 5.74) is 0.529. The third-order valence-electron chi connectivity index (χ3n) is 6.15. The molecule has 0 aromatic heterocycles. The summed E-state index contributed by atoms with van der Waals surface area (Å²) in [4.78, 5) is 5.14. The van der Waals surface area contributed by atoms with Crippen LogP contribution < -0.4 is 0 Å². The van der Waals surface area contributed by atoms with Gasteiger partial charge in [0.1, 0.15) is 0 Å². The molecule has 3 heteroatoms. The maximum absolute atomic E-state index is 6.09. The molecular weight excluding hydrogens is 284 g/mol. The van der Waals surface area contributed by atoms with Crippen LogP contribution in [0.4, 0.5) is 0 Å². The molecule has 2 saturated heterocycles. The summed E-state index contributed by atoms with van der Waals surface area (Å²) in [5.74, 6) is 1.47. The van der Waals surface area contributed by atoms with E-state index in [1.165, 1.54) is 64.8 Å². The Kier molecular flexibility index (Phi) is 7.37. The third kappa shape index (κ3) is 6.03. The topological polar surface area (TPSA) is 15.7 Å². The molecule has 23 heavy (non-hydrogen) atoms. The van der Waals surface area contributed by atoms with Crippen molar-refractivity contribution in [2.45, 2.75) is 65.9 Å². The van der Waals surface area contributed by atoms with Gasteiger partial charge in [0.05, 0.1) is 6.10 Å². The van der Waals surface area contributed by atoms with Crippen LogP contribution in [0.1, 0.15) is 59.8 Å². The first kappa shape index (κ1) is 19.2. The molecule has 2 aliphatic heterocycles. The van der Waals surface area contributed by atoms with Crippen LogP contribution in [0.3, 0.4) is 0 Å². The fourth-order valence-electron chi connectivity index (χ4n) is 4.08. The summed E-state index contributed by atoms with van der Waals surface area (Å²) < 4.78 is 6.09. The number of hydrogen-bond acceptors (Lipinski definition) is 3. The van der Waals surface area contributed by atoms with Crippen LogP contribution in [0.25, 0.3) is 0 Å². The molecule has 0 aliphatic carbocycles. The number of rotatable bonds is 7. The van der Waals surface area contributed by atoms with E-state index >= 15 is 0 Å². The normalized spacial score (nSPS) is 31.2. The smallest absolute Gasteiger partial charge is 0.0603 e. The van der Waals surface area contributed by atoms with Crippen LogP contribution in [-0.2, 0) is 4.74 Å². The molecule has 0 N–H and O–H groups in total. The minimum absolute atomic E-state index is 0.475. The Labute approximate surface area is 144 Å². The molecule has 0 bridgehead atoms. The third-order valence-corrected chi connectivity index (χ3v) is 6.15. The lowest BCUT2D eigenvalue weighted by atomic mass is 9.69. The number of hydrogen-bond donors (Lipinski definition) is 0. The molecule has 3 nitrogen and oxygen atoms in total. The van der Waals surface area contributed by atoms with Crippen LogP contribution in [0.5, 0.6) is 0 Å². The number of ether oxygens (including phenoxy) is 1. The van der Waals surface area contributed by atoms with Gasteiger partial charge in [-0.1, -0.05) is 34.1 Å².